The summed E-state index contributed by atoms with van der Waals surface area (Å²) < 4.78 is 48.3. The maximum atomic E-state index is 13.3. The van der Waals surface area contributed by atoms with Gasteiger partial charge in [0.1, 0.15) is 11.5 Å². The van der Waals surface area contributed by atoms with Gasteiger partial charge in [-0.3, -0.25) is 9.48 Å². The summed E-state index contributed by atoms with van der Waals surface area (Å²) in [5, 5.41) is 17.8. The van der Waals surface area contributed by atoms with E-state index in [0.717, 1.165) is 16.4 Å². The zero-order valence-corrected chi connectivity index (χ0v) is 20.5. The van der Waals surface area contributed by atoms with Gasteiger partial charge < -0.3 is 14.7 Å². The number of carbonyl (C=O) groups excluding carboxylic acids is 1. The van der Waals surface area contributed by atoms with Gasteiger partial charge in [-0.2, -0.15) is 4.31 Å². The molecule has 1 N–H and O–H groups in total. The van der Waals surface area contributed by atoms with E-state index in [1.807, 2.05) is 6.92 Å². The number of halogens is 1. The highest BCUT2D eigenvalue weighted by Gasteiger charge is 2.31. The van der Waals surface area contributed by atoms with E-state index in [9.17, 15) is 22.7 Å². The van der Waals surface area contributed by atoms with Crippen LogP contribution < -0.4 is 0 Å². The summed E-state index contributed by atoms with van der Waals surface area (Å²) in [5.41, 5.74) is 0.604. The Labute approximate surface area is 199 Å². The van der Waals surface area contributed by atoms with Crippen LogP contribution in [0.2, 0.25) is 0 Å². The molecule has 0 aliphatic carbocycles. The van der Waals surface area contributed by atoms with Crippen molar-refractivity contribution in [3.05, 3.63) is 42.0 Å². The van der Waals surface area contributed by atoms with Crippen LogP contribution in [0.25, 0.3) is 0 Å². The number of aliphatic hydroxyl groups is 1. The molecule has 12 heteroatoms. The molecule has 0 saturated carbocycles. The summed E-state index contributed by atoms with van der Waals surface area (Å²) in [6.07, 6.45) is 2.02. The summed E-state index contributed by atoms with van der Waals surface area (Å²) in [6, 6.07) is 4.25. The van der Waals surface area contributed by atoms with Crippen LogP contribution in [-0.4, -0.2) is 82.5 Å². The first-order valence-corrected chi connectivity index (χ1v) is 12.7. The van der Waals surface area contributed by atoms with Gasteiger partial charge in [0.05, 0.1) is 36.5 Å². The second-order valence-corrected chi connectivity index (χ2v) is 10.8. The number of fused-ring (bicyclic) bond motifs is 2. The fraction of sp³-hybridized carbons (Fsp3) is 0.591. The number of hydrogen-bond acceptors (Lipinski definition) is 7. The maximum absolute atomic E-state index is 13.3. The minimum absolute atomic E-state index is 0.00451. The number of aromatic nitrogens is 3. The third kappa shape index (κ3) is 6.38. The molecule has 1 aliphatic heterocycles. The standard InChI is InChI=1S/C22H32FN5O5S/c1-16-11-28(17(2)14-29)22(30)5-4-10-27-12-19(24-25-27)15-33-21(16)13-26(3)34(31,32)20-8-6-18(23)7-9-20/h6-9,12,16-17,21,29H,4-5,10-11,13-15H2,1-3H3/t16-,17-,21-/m0/s1. The number of nitrogens with zero attached hydrogens (tertiary/aromatic N) is 5. The summed E-state index contributed by atoms with van der Waals surface area (Å²) in [7, 11) is -2.45. The third-order valence-electron chi connectivity index (χ3n) is 6.00. The fourth-order valence-corrected chi connectivity index (χ4v) is 5.01. The minimum atomic E-state index is -3.89. The molecule has 0 unspecified atom stereocenters. The van der Waals surface area contributed by atoms with Crippen LogP contribution in [0.4, 0.5) is 4.39 Å². The normalized spacial score (nSPS) is 21.6. The highest BCUT2D eigenvalue weighted by Crippen LogP contribution is 2.21. The highest BCUT2D eigenvalue weighted by atomic mass is 32.2. The lowest BCUT2D eigenvalue weighted by Gasteiger charge is -2.35. The van der Waals surface area contributed by atoms with Crippen LogP contribution in [0.1, 0.15) is 32.4 Å². The van der Waals surface area contributed by atoms with Gasteiger partial charge in [-0.25, -0.2) is 12.8 Å². The van der Waals surface area contributed by atoms with Gasteiger partial charge >= 0.3 is 0 Å². The van der Waals surface area contributed by atoms with Crippen LogP contribution in [0.15, 0.2) is 35.4 Å². The van der Waals surface area contributed by atoms with Gasteiger partial charge in [-0.1, -0.05) is 12.1 Å². The van der Waals surface area contributed by atoms with E-state index in [2.05, 4.69) is 10.3 Å². The highest BCUT2D eigenvalue weighted by molar-refractivity contribution is 7.89. The lowest BCUT2D eigenvalue weighted by molar-refractivity contribution is -0.136. The van der Waals surface area contributed by atoms with E-state index in [1.54, 1.807) is 22.7 Å². The molecule has 10 nitrogen and oxygen atoms in total. The monoisotopic (exact) mass is 497 g/mol. The molecule has 0 spiro atoms. The molecule has 3 atom stereocenters. The number of aliphatic hydroxyl groups excluding tert-OH is 1. The van der Waals surface area contributed by atoms with Crippen molar-refractivity contribution in [2.45, 2.75) is 56.9 Å². The average molecular weight is 498 g/mol. The Bertz CT molecular complexity index is 1060. The molecule has 34 heavy (non-hydrogen) atoms. The molecule has 1 aromatic heterocycles. The number of ether oxygens (including phenoxy) is 1. The largest absolute Gasteiger partial charge is 0.394 e. The van der Waals surface area contributed by atoms with Crippen LogP contribution in [0.5, 0.6) is 0 Å². The summed E-state index contributed by atoms with van der Waals surface area (Å²) in [5.74, 6) is -0.886. The van der Waals surface area contributed by atoms with Crippen molar-refractivity contribution in [2.75, 3.05) is 26.7 Å². The van der Waals surface area contributed by atoms with E-state index >= 15 is 0 Å². The topological polar surface area (TPSA) is 118 Å². The Hall–Kier alpha value is -2.41. The van der Waals surface area contributed by atoms with Gasteiger partial charge in [-0.15, -0.1) is 5.10 Å². The summed E-state index contributed by atoms with van der Waals surface area (Å²) in [4.78, 5) is 14.5. The molecule has 0 radical (unpaired) electrons. The van der Waals surface area contributed by atoms with Crippen LogP contribution in [0.3, 0.4) is 0 Å². The van der Waals surface area contributed by atoms with Crippen molar-refractivity contribution in [2.24, 2.45) is 5.92 Å². The molecular formula is C22H32FN5O5S. The lowest BCUT2D eigenvalue weighted by Crippen LogP contribution is -2.47. The van der Waals surface area contributed by atoms with Crippen molar-refractivity contribution in [3.63, 3.8) is 0 Å². The molecule has 2 bridgehead atoms. The number of sulfonamides is 1. The predicted octanol–water partition coefficient (Wildman–Crippen LogP) is 1.26. The molecule has 1 amide bonds. The van der Waals surface area contributed by atoms with Crippen molar-refractivity contribution < 1.29 is 27.4 Å². The number of aryl methyl sites for hydroxylation is 1. The SMILES string of the molecule is C[C@H]1CN([C@@H](C)CO)C(=O)CCCn2cc(nn2)CO[C@H]1CN(C)S(=O)(=O)c1ccc(F)cc1. The summed E-state index contributed by atoms with van der Waals surface area (Å²) in [6.45, 7) is 4.41. The third-order valence-corrected chi connectivity index (χ3v) is 7.84. The number of carbonyl (C=O) groups is 1. The molecule has 3 rings (SSSR count). The van der Waals surface area contributed by atoms with Crippen molar-refractivity contribution in [3.8, 4) is 0 Å². The Morgan fingerprint density at radius 1 is 1.32 bits per heavy atom. The van der Waals surface area contributed by atoms with Crippen LogP contribution in [-0.2, 0) is 32.7 Å². The molecule has 2 aromatic rings. The second-order valence-electron chi connectivity index (χ2n) is 8.72. The van der Waals surface area contributed by atoms with Gasteiger partial charge in [-0.05, 0) is 37.6 Å². The van der Waals surface area contributed by atoms with Gasteiger partial charge in [0.25, 0.3) is 0 Å². The number of amides is 1. The smallest absolute Gasteiger partial charge is 0.242 e. The average Bonchev–Trinajstić information content (AvgIpc) is 3.26. The van der Waals surface area contributed by atoms with E-state index in [4.69, 9.17) is 4.74 Å². The first-order valence-electron chi connectivity index (χ1n) is 11.2. The Kier molecular flexibility index (Phi) is 8.74. The molecule has 0 fully saturated rings. The van der Waals surface area contributed by atoms with Gasteiger partial charge in [0.2, 0.25) is 15.9 Å². The molecule has 0 saturated heterocycles. The number of likely N-dealkylation sites (N-methyl/N-ethyl adjacent to an activating group) is 1. The molecule has 1 aromatic carbocycles. The van der Waals surface area contributed by atoms with Crippen molar-refractivity contribution in [1.82, 2.24) is 24.2 Å². The van der Waals surface area contributed by atoms with Crippen LogP contribution in [0, 0.1) is 11.7 Å². The van der Waals surface area contributed by atoms with E-state index in [0.29, 0.717) is 25.2 Å². The Morgan fingerprint density at radius 2 is 2.03 bits per heavy atom. The second kappa shape index (κ2) is 11.3. The lowest BCUT2D eigenvalue weighted by atomic mass is 10.0. The zero-order valence-electron chi connectivity index (χ0n) is 19.7. The summed E-state index contributed by atoms with van der Waals surface area (Å²) >= 11 is 0. The van der Waals surface area contributed by atoms with Gasteiger partial charge in [0, 0.05) is 39.0 Å². The molecule has 188 valence electrons. The number of benzene rings is 1. The number of hydrogen-bond donors (Lipinski definition) is 1. The first-order chi connectivity index (χ1) is 16.1. The molecule has 2 heterocycles. The molecule has 1 aliphatic rings. The van der Waals surface area contributed by atoms with E-state index < -0.39 is 28.0 Å². The van der Waals surface area contributed by atoms with Crippen molar-refractivity contribution in [1.29, 1.82) is 0 Å². The van der Waals surface area contributed by atoms with Gasteiger partial charge in [0.15, 0.2) is 0 Å². The Morgan fingerprint density at radius 3 is 2.71 bits per heavy atom. The predicted molar refractivity (Wildman–Crippen MR) is 121 cm³/mol. The van der Waals surface area contributed by atoms with E-state index in [1.165, 1.54) is 19.2 Å². The van der Waals surface area contributed by atoms with Crippen LogP contribution >= 0.6 is 0 Å². The molecular weight excluding hydrogens is 465 g/mol. The van der Waals surface area contributed by atoms with Crippen molar-refractivity contribution >= 4 is 15.9 Å². The Balaban J connectivity index is 1.85. The number of rotatable bonds is 6. The van der Waals surface area contributed by atoms with E-state index in [-0.39, 0.29) is 42.9 Å². The fourth-order valence-electron chi connectivity index (χ4n) is 3.83. The quantitative estimate of drug-likeness (QED) is 0.638. The first kappa shape index (κ1) is 26.2. The zero-order chi connectivity index (χ0) is 24.9. The minimum Gasteiger partial charge on any atom is -0.394 e. The maximum Gasteiger partial charge on any atom is 0.242 e.